The highest BCUT2D eigenvalue weighted by atomic mass is 16.5. The van der Waals surface area contributed by atoms with Crippen LogP contribution in [0.25, 0.3) is 21.8 Å². The molecule has 6 nitrogen and oxygen atoms in total. The minimum atomic E-state index is -0.235. The fourth-order valence-electron chi connectivity index (χ4n) is 3.62. The molecule has 0 amide bonds. The quantitative estimate of drug-likeness (QED) is 0.278. The molecule has 0 radical (unpaired) electrons. The van der Waals surface area contributed by atoms with Gasteiger partial charge in [0.2, 0.25) is 0 Å². The molecule has 3 aromatic carbocycles. The summed E-state index contributed by atoms with van der Waals surface area (Å²) in [6.07, 6.45) is 0.277. The second-order valence-corrected chi connectivity index (χ2v) is 7.20. The van der Waals surface area contributed by atoms with Gasteiger partial charge in [0, 0.05) is 28.7 Å². The number of carbonyl (C=O) groups is 1. The number of benzene rings is 3. The molecule has 4 rings (SSSR count). The number of hydrogen-bond acceptors (Lipinski definition) is 6. The van der Waals surface area contributed by atoms with Crippen LogP contribution in [0.4, 0.5) is 17.1 Å². The summed E-state index contributed by atoms with van der Waals surface area (Å²) in [4.78, 5) is 16.4. The smallest absolute Gasteiger partial charge is 0.307 e. The summed E-state index contributed by atoms with van der Waals surface area (Å²) in [6, 6.07) is 21.8. The van der Waals surface area contributed by atoms with E-state index in [-0.39, 0.29) is 19.0 Å². The Labute approximate surface area is 180 Å². The van der Waals surface area contributed by atoms with Crippen LogP contribution in [0.15, 0.2) is 66.7 Å². The first-order valence-electron chi connectivity index (χ1n) is 10.4. The van der Waals surface area contributed by atoms with E-state index in [1.807, 2.05) is 66.7 Å². The number of ether oxygens (including phenoxy) is 1. The van der Waals surface area contributed by atoms with Gasteiger partial charge in [0.1, 0.15) is 0 Å². The first kappa shape index (κ1) is 20.6. The lowest BCUT2D eigenvalue weighted by molar-refractivity contribution is -0.142. The predicted octanol–water partition coefficient (Wildman–Crippen LogP) is 4.99. The standard InChI is InChI=1S/C25H25N3O3/c1-2-31-24(30)11-12-26-18-13-17(16-29)14-19(15-18)27-25-20-7-3-5-9-22(20)28-23-10-6-4-8-21(23)25/h3-10,13-15,26,29H,2,11-12,16H2,1H3,(H,27,28). The topological polar surface area (TPSA) is 83.5 Å². The van der Waals surface area contributed by atoms with E-state index in [0.29, 0.717) is 13.2 Å². The van der Waals surface area contributed by atoms with Crippen molar-refractivity contribution >= 4 is 44.8 Å². The van der Waals surface area contributed by atoms with E-state index in [1.54, 1.807) is 6.92 Å². The van der Waals surface area contributed by atoms with Crippen molar-refractivity contribution in [1.82, 2.24) is 4.98 Å². The number of rotatable bonds is 8. The van der Waals surface area contributed by atoms with E-state index in [4.69, 9.17) is 9.72 Å². The molecule has 0 bridgehead atoms. The lowest BCUT2D eigenvalue weighted by Gasteiger charge is -2.16. The fourth-order valence-corrected chi connectivity index (χ4v) is 3.62. The number of fused-ring (bicyclic) bond motifs is 2. The van der Waals surface area contributed by atoms with E-state index in [0.717, 1.165) is 44.4 Å². The van der Waals surface area contributed by atoms with Gasteiger partial charge in [0.05, 0.1) is 36.4 Å². The Bertz CT molecular complexity index is 1170. The normalized spacial score (nSPS) is 10.9. The summed E-state index contributed by atoms with van der Waals surface area (Å²) in [5, 5.41) is 18.6. The maximum Gasteiger partial charge on any atom is 0.307 e. The van der Waals surface area contributed by atoms with E-state index >= 15 is 0 Å². The Kier molecular flexibility index (Phi) is 6.29. The van der Waals surface area contributed by atoms with Gasteiger partial charge >= 0.3 is 5.97 Å². The van der Waals surface area contributed by atoms with Crippen LogP contribution >= 0.6 is 0 Å². The molecule has 0 aliphatic heterocycles. The van der Waals surface area contributed by atoms with Crippen LogP contribution in [0, 0.1) is 0 Å². The number of aromatic nitrogens is 1. The highest BCUT2D eigenvalue weighted by Gasteiger charge is 2.10. The molecule has 0 spiro atoms. The Morgan fingerprint density at radius 3 is 2.26 bits per heavy atom. The van der Waals surface area contributed by atoms with Gasteiger partial charge in [-0.15, -0.1) is 0 Å². The molecule has 158 valence electrons. The Hall–Kier alpha value is -3.64. The first-order valence-corrected chi connectivity index (χ1v) is 10.4. The molecule has 0 fully saturated rings. The molecule has 3 N–H and O–H groups in total. The molecule has 0 aliphatic carbocycles. The highest BCUT2D eigenvalue weighted by molar-refractivity contribution is 6.08. The van der Waals surface area contributed by atoms with Crippen LogP contribution in [-0.4, -0.2) is 29.2 Å². The Morgan fingerprint density at radius 1 is 0.968 bits per heavy atom. The fraction of sp³-hybridized carbons (Fsp3) is 0.200. The molecule has 0 atom stereocenters. The number of aliphatic hydroxyl groups is 1. The number of nitrogens with one attached hydrogen (secondary N) is 2. The third kappa shape index (κ3) is 4.75. The molecule has 31 heavy (non-hydrogen) atoms. The van der Waals surface area contributed by atoms with Crippen molar-refractivity contribution in [2.45, 2.75) is 20.0 Å². The number of pyridine rings is 1. The van der Waals surface area contributed by atoms with Crippen LogP contribution in [-0.2, 0) is 16.1 Å². The van der Waals surface area contributed by atoms with Gasteiger partial charge < -0.3 is 20.5 Å². The van der Waals surface area contributed by atoms with Crippen molar-refractivity contribution in [2.24, 2.45) is 0 Å². The third-order valence-electron chi connectivity index (χ3n) is 5.00. The van der Waals surface area contributed by atoms with Gasteiger partial charge in [0.25, 0.3) is 0 Å². The number of esters is 1. The zero-order chi connectivity index (χ0) is 21.6. The Balaban J connectivity index is 1.67. The summed E-state index contributed by atoms with van der Waals surface area (Å²) in [5.41, 5.74) is 5.22. The van der Waals surface area contributed by atoms with E-state index in [1.165, 1.54) is 0 Å². The minimum absolute atomic E-state index is 0.0834. The zero-order valence-corrected chi connectivity index (χ0v) is 17.4. The first-order chi connectivity index (χ1) is 15.2. The van der Waals surface area contributed by atoms with Gasteiger partial charge in [-0.25, -0.2) is 4.98 Å². The summed E-state index contributed by atoms with van der Waals surface area (Å²) in [6.45, 7) is 2.54. The molecule has 1 heterocycles. The second-order valence-electron chi connectivity index (χ2n) is 7.20. The minimum Gasteiger partial charge on any atom is -0.466 e. The van der Waals surface area contributed by atoms with Crippen molar-refractivity contribution in [3.8, 4) is 0 Å². The molecule has 4 aromatic rings. The van der Waals surface area contributed by atoms with Gasteiger partial charge in [0.15, 0.2) is 0 Å². The molecule has 0 aliphatic rings. The second kappa shape index (κ2) is 9.45. The number of carbonyl (C=O) groups excluding carboxylic acids is 1. The lowest BCUT2D eigenvalue weighted by Crippen LogP contribution is -2.11. The molecule has 0 saturated heterocycles. The van der Waals surface area contributed by atoms with Crippen LogP contribution in [0.3, 0.4) is 0 Å². The number of anilines is 3. The number of aliphatic hydroxyl groups excluding tert-OH is 1. The van der Waals surface area contributed by atoms with Crippen LogP contribution in [0.5, 0.6) is 0 Å². The molecule has 1 aromatic heterocycles. The van der Waals surface area contributed by atoms with Gasteiger partial charge in [-0.3, -0.25) is 4.79 Å². The molecule has 0 unspecified atom stereocenters. The SMILES string of the molecule is CCOC(=O)CCNc1cc(CO)cc(Nc2c3ccccc3nc3ccccc23)c1. The van der Waals surface area contributed by atoms with Crippen molar-refractivity contribution in [3.05, 3.63) is 72.3 Å². The van der Waals surface area contributed by atoms with E-state index in [9.17, 15) is 9.90 Å². The average molecular weight is 415 g/mol. The largest absolute Gasteiger partial charge is 0.466 e. The lowest BCUT2D eigenvalue weighted by atomic mass is 10.1. The van der Waals surface area contributed by atoms with Crippen molar-refractivity contribution in [2.75, 3.05) is 23.8 Å². The van der Waals surface area contributed by atoms with Crippen molar-refractivity contribution in [1.29, 1.82) is 0 Å². The number of para-hydroxylation sites is 2. The highest BCUT2D eigenvalue weighted by Crippen LogP contribution is 2.34. The maximum absolute atomic E-state index is 11.6. The van der Waals surface area contributed by atoms with Crippen LogP contribution in [0.2, 0.25) is 0 Å². The zero-order valence-electron chi connectivity index (χ0n) is 17.4. The third-order valence-corrected chi connectivity index (χ3v) is 5.00. The van der Waals surface area contributed by atoms with Crippen LogP contribution < -0.4 is 10.6 Å². The van der Waals surface area contributed by atoms with Crippen molar-refractivity contribution < 1.29 is 14.6 Å². The maximum atomic E-state index is 11.6. The van der Waals surface area contributed by atoms with E-state index in [2.05, 4.69) is 10.6 Å². The van der Waals surface area contributed by atoms with Gasteiger partial charge in [-0.2, -0.15) is 0 Å². The number of hydrogen-bond donors (Lipinski definition) is 3. The molecule has 0 saturated carbocycles. The van der Waals surface area contributed by atoms with Crippen molar-refractivity contribution in [3.63, 3.8) is 0 Å². The summed E-state index contributed by atoms with van der Waals surface area (Å²) in [5.74, 6) is -0.235. The molecular weight excluding hydrogens is 390 g/mol. The molecular formula is C25H25N3O3. The summed E-state index contributed by atoms with van der Waals surface area (Å²) in [7, 11) is 0. The average Bonchev–Trinajstić information content (AvgIpc) is 2.79. The summed E-state index contributed by atoms with van der Waals surface area (Å²) >= 11 is 0. The Morgan fingerprint density at radius 2 is 1.61 bits per heavy atom. The predicted molar refractivity (Wildman–Crippen MR) is 125 cm³/mol. The van der Waals surface area contributed by atoms with Gasteiger partial charge in [-0.1, -0.05) is 36.4 Å². The molecule has 6 heteroatoms. The summed E-state index contributed by atoms with van der Waals surface area (Å²) < 4.78 is 4.97. The van der Waals surface area contributed by atoms with Gasteiger partial charge in [-0.05, 0) is 42.8 Å². The number of nitrogens with zero attached hydrogens (tertiary/aromatic N) is 1. The monoisotopic (exact) mass is 415 g/mol. The van der Waals surface area contributed by atoms with E-state index < -0.39 is 0 Å². The van der Waals surface area contributed by atoms with Crippen LogP contribution in [0.1, 0.15) is 18.9 Å².